The van der Waals surface area contributed by atoms with Gasteiger partial charge in [0.05, 0.1) is 5.75 Å². The second-order valence-corrected chi connectivity index (χ2v) is 3.72. The Morgan fingerprint density at radius 2 is 1.93 bits per heavy atom. The van der Waals surface area contributed by atoms with Gasteiger partial charge in [0.25, 0.3) is 0 Å². The van der Waals surface area contributed by atoms with Crippen LogP contribution in [0.15, 0.2) is 24.3 Å². The van der Waals surface area contributed by atoms with Gasteiger partial charge in [-0.3, -0.25) is 4.79 Å². The van der Waals surface area contributed by atoms with E-state index >= 15 is 0 Å². The molecule has 74 valence electrons. The lowest BCUT2D eigenvalue weighted by Gasteiger charge is -2.01. The molecule has 0 saturated carbocycles. The van der Waals surface area contributed by atoms with Crippen molar-refractivity contribution < 1.29 is 14.8 Å². The van der Waals surface area contributed by atoms with Crippen molar-refractivity contribution in [1.82, 2.24) is 0 Å². The number of carbonyl (C=O) groups excluding carboxylic acids is 1. The van der Waals surface area contributed by atoms with E-state index in [1.165, 1.54) is 23.9 Å². The molecule has 0 aliphatic rings. The van der Waals surface area contributed by atoms with Gasteiger partial charge in [0.1, 0.15) is 0 Å². The van der Waals surface area contributed by atoms with Crippen LogP contribution in [0.2, 0.25) is 0 Å². The Bertz CT molecular complexity index is 310. The molecule has 3 nitrogen and oxygen atoms in total. The van der Waals surface area contributed by atoms with Gasteiger partial charge >= 0.3 is 7.12 Å². The molecule has 0 saturated heterocycles. The van der Waals surface area contributed by atoms with Crippen LogP contribution < -0.4 is 5.46 Å². The summed E-state index contributed by atoms with van der Waals surface area (Å²) in [4.78, 5) is 11.4. The molecular weight excluding hydrogens is 199 g/mol. The average Bonchev–Trinajstić information content (AvgIpc) is 2.18. The zero-order valence-corrected chi connectivity index (χ0v) is 8.62. The lowest BCUT2D eigenvalue weighted by molar-refractivity contribution is 0.102. The molecule has 1 aromatic rings. The molecule has 1 rings (SSSR count). The quantitative estimate of drug-likeness (QED) is 0.538. The molecule has 0 aromatic heterocycles. The van der Waals surface area contributed by atoms with Crippen molar-refractivity contribution in [3.63, 3.8) is 0 Å². The van der Waals surface area contributed by atoms with Crippen molar-refractivity contribution in [2.45, 2.75) is 0 Å². The third kappa shape index (κ3) is 2.87. The lowest BCUT2D eigenvalue weighted by Crippen LogP contribution is -2.29. The summed E-state index contributed by atoms with van der Waals surface area (Å²) in [6.45, 7) is 0. The third-order valence-corrected chi connectivity index (χ3v) is 2.36. The van der Waals surface area contributed by atoms with Crippen LogP contribution in [0.25, 0.3) is 0 Å². The van der Waals surface area contributed by atoms with E-state index in [1.807, 2.05) is 6.26 Å². The van der Waals surface area contributed by atoms with Gasteiger partial charge < -0.3 is 10.0 Å². The Labute approximate surface area is 87.3 Å². The van der Waals surface area contributed by atoms with Crippen molar-refractivity contribution in [1.29, 1.82) is 0 Å². The topological polar surface area (TPSA) is 57.5 Å². The van der Waals surface area contributed by atoms with Gasteiger partial charge in [-0.1, -0.05) is 24.3 Å². The van der Waals surface area contributed by atoms with Gasteiger partial charge in [-0.2, -0.15) is 11.8 Å². The fourth-order valence-corrected chi connectivity index (χ4v) is 1.48. The van der Waals surface area contributed by atoms with Crippen LogP contribution in [-0.2, 0) is 0 Å². The molecule has 0 aliphatic carbocycles. The normalized spacial score (nSPS) is 9.93. The Kier molecular flexibility index (Phi) is 4.19. The number of ketones is 1. The summed E-state index contributed by atoms with van der Waals surface area (Å²) in [6, 6.07) is 6.29. The van der Waals surface area contributed by atoms with Crippen LogP contribution in [0, 0.1) is 0 Å². The molecule has 0 atom stereocenters. The minimum Gasteiger partial charge on any atom is -0.423 e. The first-order valence-corrected chi connectivity index (χ1v) is 5.52. The standard InChI is InChI=1S/C9H11BO3S/c1-14-6-9(11)7-2-4-8(5-3-7)10(12)13/h2-5,12-13H,6H2,1H3. The van der Waals surface area contributed by atoms with Crippen LogP contribution >= 0.6 is 11.8 Å². The van der Waals surface area contributed by atoms with Crippen molar-refractivity contribution in [2.24, 2.45) is 0 Å². The Hall–Kier alpha value is -0.775. The minimum atomic E-state index is -1.47. The van der Waals surface area contributed by atoms with E-state index in [4.69, 9.17) is 10.0 Å². The van der Waals surface area contributed by atoms with Gasteiger partial charge in [-0.15, -0.1) is 0 Å². The zero-order chi connectivity index (χ0) is 10.6. The van der Waals surface area contributed by atoms with Gasteiger partial charge in [-0.05, 0) is 11.7 Å². The molecule has 2 N–H and O–H groups in total. The molecule has 1 aromatic carbocycles. The highest BCUT2D eigenvalue weighted by molar-refractivity contribution is 7.99. The fraction of sp³-hybridized carbons (Fsp3) is 0.222. The monoisotopic (exact) mass is 210 g/mol. The van der Waals surface area contributed by atoms with Crippen molar-refractivity contribution in [3.8, 4) is 0 Å². The molecule has 0 radical (unpaired) electrons. The number of hydrogen-bond donors (Lipinski definition) is 2. The number of rotatable bonds is 4. The van der Waals surface area contributed by atoms with E-state index in [9.17, 15) is 4.79 Å². The molecule has 0 heterocycles. The van der Waals surface area contributed by atoms with Crippen LogP contribution in [0.3, 0.4) is 0 Å². The maximum absolute atomic E-state index is 11.4. The second-order valence-electron chi connectivity index (χ2n) is 2.85. The first-order valence-electron chi connectivity index (χ1n) is 4.13. The summed E-state index contributed by atoms with van der Waals surface area (Å²) in [5.41, 5.74) is 0.995. The number of thioether (sulfide) groups is 1. The van der Waals surface area contributed by atoms with Gasteiger partial charge in [0.15, 0.2) is 5.78 Å². The summed E-state index contributed by atoms with van der Waals surface area (Å²) in [5.74, 6) is 0.498. The van der Waals surface area contributed by atoms with E-state index < -0.39 is 7.12 Å². The maximum atomic E-state index is 11.4. The highest BCUT2D eigenvalue weighted by Gasteiger charge is 2.11. The highest BCUT2D eigenvalue weighted by Crippen LogP contribution is 2.03. The molecule has 0 aliphatic heterocycles. The fourth-order valence-electron chi connectivity index (χ4n) is 1.06. The van der Waals surface area contributed by atoms with Crippen LogP contribution in [-0.4, -0.2) is 35.0 Å². The summed E-state index contributed by atoms with van der Waals surface area (Å²) in [7, 11) is -1.47. The molecule has 0 amide bonds. The third-order valence-electron chi connectivity index (χ3n) is 1.81. The molecule has 0 spiro atoms. The average molecular weight is 210 g/mol. The van der Waals surface area contributed by atoms with Gasteiger partial charge in [0, 0.05) is 5.56 Å². The SMILES string of the molecule is CSCC(=O)c1ccc(B(O)O)cc1. The molecule has 0 bridgehead atoms. The second kappa shape index (κ2) is 5.19. The summed E-state index contributed by atoms with van der Waals surface area (Å²) < 4.78 is 0. The van der Waals surface area contributed by atoms with Gasteiger partial charge in [-0.25, -0.2) is 0 Å². The molecule has 5 heteroatoms. The zero-order valence-electron chi connectivity index (χ0n) is 7.80. The number of benzene rings is 1. The van der Waals surface area contributed by atoms with Crippen molar-refractivity contribution in [2.75, 3.05) is 12.0 Å². The predicted octanol–water partition coefficient (Wildman–Crippen LogP) is -0.0879. The van der Waals surface area contributed by atoms with Crippen molar-refractivity contribution >= 4 is 30.1 Å². The first-order chi connectivity index (χ1) is 6.65. The maximum Gasteiger partial charge on any atom is 0.488 e. The minimum absolute atomic E-state index is 0.0523. The van der Waals surface area contributed by atoms with E-state index in [2.05, 4.69) is 0 Å². The van der Waals surface area contributed by atoms with E-state index in [1.54, 1.807) is 12.1 Å². The first kappa shape index (κ1) is 11.3. The van der Waals surface area contributed by atoms with Crippen LogP contribution in [0.5, 0.6) is 0 Å². The molecule has 0 fully saturated rings. The number of Topliss-reactive ketones (excluding diaryl/α,β-unsaturated/α-hetero) is 1. The molecule has 0 unspecified atom stereocenters. The Morgan fingerprint density at radius 1 is 1.36 bits per heavy atom. The number of hydrogen-bond acceptors (Lipinski definition) is 4. The summed E-state index contributed by atoms with van der Waals surface area (Å²) >= 11 is 1.47. The highest BCUT2D eigenvalue weighted by atomic mass is 32.2. The molecular formula is C9H11BO3S. The molecule has 14 heavy (non-hydrogen) atoms. The van der Waals surface area contributed by atoms with Crippen LogP contribution in [0.1, 0.15) is 10.4 Å². The summed E-state index contributed by atoms with van der Waals surface area (Å²) in [5, 5.41) is 17.6. The smallest absolute Gasteiger partial charge is 0.423 e. The van der Waals surface area contributed by atoms with E-state index in [0.29, 0.717) is 16.8 Å². The Balaban J connectivity index is 2.78. The predicted molar refractivity (Wildman–Crippen MR) is 59.0 cm³/mol. The van der Waals surface area contributed by atoms with E-state index in [0.717, 1.165) is 0 Å². The van der Waals surface area contributed by atoms with Gasteiger partial charge in [0.2, 0.25) is 0 Å². The van der Waals surface area contributed by atoms with E-state index in [-0.39, 0.29) is 5.78 Å². The summed E-state index contributed by atoms with van der Waals surface area (Å²) in [6.07, 6.45) is 1.86. The number of carbonyl (C=O) groups is 1. The van der Waals surface area contributed by atoms with Crippen molar-refractivity contribution in [3.05, 3.63) is 29.8 Å². The van der Waals surface area contributed by atoms with Crippen LogP contribution in [0.4, 0.5) is 0 Å². The largest absolute Gasteiger partial charge is 0.488 e. The Morgan fingerprint density at radius 3 is 2.36 bits per heavy atom. The lowest BCUT2D eigenvalue weighted by atomic mass is 9.80.